The molecule has 2 heterocycles. The highest BCUT2D eigenvalue weighted by Crippen LogP contribution is 2.29. The lowest BCUT2D eigenvalue weighted by Crippen LogP contribution is -2.47. The molecule has 0 bridgehead atoms. The maximum absolute atomic E-state index is 11.1. The number of anilines is 1. The third-order valence-electron chi connectivity index (χ3n) is 4.46. The summed E-state index contributed by atoms with van der Waals surface area (Å²) in [5.41, 5.74) is 1.26. The number of carboxylic acids is 1. The largest absolute Gasteiger partial charge is 0.477 e. The van der Waals surface area contributed by atoms with Gasteiger partial charge in [-0.3, -0.25) is 4.90 Å². The summed E-state index contributed by atoms with van der Waals surface area (Å²) in [6.07, 6.45) is -0.0358. The predicted molar refractivity (Wildman–Crippen MR) is 95.9 cm³/mol. The number of benzene rings is 1. The van der Waals surface area contributed by atoms with Gasteiger partial charge >= 0.3 is 5.97 Å². The van der Waals surface area contributed by atoms with E-state index in [1.54, 1.807) is 12.1 Å². The molecular formula is C19H23N3O3. The molecule has 2 aromatic rings. The summed E-state index contributed by atoms with van der Waals surface area (Å²) in [6.45, 7) is 5.26. The molecule has 0 spiro atoms. The van der Waals surface area contributed by atoms with Crippen LogP contribution in [0, 0.1) is 0 Å². The average molecular weight is 341 g/mol. The number of hydrogen-bond donors (Lipinski definition) is 2. The number of aromatic carboxylic acids is 1. The summed E-state index contributed by atoms with van der Waals surface area (Å²) in [5.74, 6) is -0.485. The SMILES string of the molecule is CCN1CCO[C@@H](CNc2cccc(C(=O)O)n2)[C@@H]1c1ccccc1. The van der Waals surface area contributed by atoms with E-state index in [0.717, 1.165) is 13.1 Å². The van der Waals surface area contributed by atoms with Gasteiger partial charge in [-0.2, -0.15) is 0 Å². The van der Waals surface area contributed by atoms with Gasteiger partial charge in [0.05, 0.1) is 18.8 Å². The molecule has 6 heteroatoms. The third kappa shape index (κ3) is 4.15. The van der Waals surface area contributed by atoms with E-state index in [-0.39, 0.29) is 17.8 Å². The molecular weight excluding hydrogens is 318 g/mol. The van der Waals surface area contributed by atoms with Crippen molar-refractivity contribution in [1.29, 1.82) is 0 Å². The van der Waals surface area contributed by atoms with Crippen LogP contribution >= 0.6 is 0 Å². The zero-order valence-electron chi connectivity index (χ0n) is 14.3. The van der Waals surface area contributed by atoms with Crippen LogP contribution in [0.25, 0.3) is 0 Å². The fraction of sp³-hybridized carbons (Fsp3) is 0.368. The van der Waals surface area contributed by atoms with Crippen molar-refractivity contribution in [2.75, 3.05) is 31.6 Å². The van der Waals surface area contributed by atoms with E-state index < -0.39 is 5.97 Å². The Hall–Kier alpha value is -2.44. The van der Waals surface area contributed by atoms with Crippen molar-refractivity contribution in [3.8, 4) is 0 Å². The van der Waals surface area contributed by atoms with Gasteiger partial charge in [0, 0.05) is 13.1 Å². The van der Waals surface area contributed by atoms with Crippen LogP contribution in [0.15, 0.2) is 48.5 Å². The molecule has 1 aromatic heterocycles. The zero-order chi connectivity index (χ0) is 17.6. The van der Waals surface area contributed by atoms with E-state index in [9.17, 15) is 4.79 Å². The first-order valence-electron chi connectivity index (χ1n) is 8.54. The lowest BCUT2D eigenvalue weighted by atomic mass is 9.98. The van der Waals surface area contributed by atoms with Crippen LogP contribution in [0.5, 0.6) is 0 Å². The Balaban J connectivity index is 1.75. The van der Waals surface area contributed by atoms with Gasteiger partial charge in [-0.15, -0.1) is 0 Å². The Labute approximate surface area is 147 Å². The third-order valence-corrected chi connectivity index (χ3v) is 4.46. The average Bonchev–Trinajstić information content (AvgIpc) is 2.66. The maximum atomic E-state index is 11.1. The van der Waals surface area contributed by atoms with Crippen molar-refractivity contribution in [2.24, 2.45) is 0 Å². The molecule has 0 radical (unpaired) electrons. The number of carbonyl (C=O) groups is 1. The number of ether oxygens (including phenoxy) is 1. The molecule has 132 valence electrons. The van der Waals surface area contributed by atoms with Crippen LogP contribution < -0.4 is 5.32 Å². The van der Waals surface area contributed by atoms with Crippen molar-refractivity contribution in [1.82, 2.24) is 9.88 Å². The highest BCUT2D eigenvalue weighted by atomic mass is 16.5. The number of rotatable bonds is 6. The molecule has 6 nitrogen and oxygen atoms in total. The highest BCUT2D eigenvalue weighted by molar-refractivity contribution is 5.85. The molecule has 1 fully saturated rings. The summed E-state index contributed by atoms with van der Waals surface area (Å²) in [4.78, 5) is 17.6. The highest BCUT2D eigenvalue weighted by Gasteiger charge is 2.32. The summed E-state index contributed by atoms with van der Waals surface area (Å²) in [5, 5.41) is 12.3. The molecule has 1 aliphatic rings. The Morgan fingerprint density at radius 2 is 2.08 bits per heavy atom. The van der Waals surface area contributed by atoms with Gasteiger partial charge in [-0.25, -0.2) is 9.78 Å². The second-order valence-electron chi connectivity index (χ2n) is 5.99. The normalized spacial score (nSPS) is 21.0. The van der Waals surface area contributed by atoms with Gasteiger partial charge in [-0.1, -0.05) is 43.3 Å². The standard InChI is InChI=1S/C19H23N3O3/c1-2-22-11-12-25-16(18(22)14-7-4-3-5-8-14)13-20-17-10-6-9-15(21-17)19(23)24/h3-10,16,18H,2,11-13H2,1H3,(H,20,21)(H,23,24)/t16-,18-/m0/s1. The van der Waals surface area contributed by atoms with E-state index in [1.807, 2.05) is 18.2 Å². The van der Waals surface area contributed by atoms with Gasteiger partial charge < -0.3 is 15.2 Å². The predicted octanol–water partition coefficient (Wildman–Crippen LogP) is 2.65. The van der Waals surface area contributed by atoms with Crippen LogP contribution in [0.2, 0.25) is 0 Å². The van der Waals surface area contributed by atoms with Crippen molar-refractivity contribution >= 4 is 11.8 Å². The molecule has 2 atom stereocenters. The quantitative estimate of drug-likeness (QED) is 0.841. The molecule has 3 rings (SSSR count). The Bertz CT molecular complexity index is 708. The molecule has 25 heavy (non-hydrogen) atoms. The number of hydrogen-bond acceptors (Lipinski definition) is 5. The number of nitrogens with one attached hydrogen (secondary N) is 1. The minimum Gasteiger partial charge on any atom is -0.477 e. The van der Waals surface area contributed by atoms with E-state index in [1.165, 1.54) is 11.6 Å². The van der Waals surface area contributed by atoms with Crippen LogP contribution in [0.4, 0.5) is 5.82 Å². The first-order valence-corrected chi connectivity index (χ1v) is 8.54. The lowest BCUT2D eigenvalue weighted by Gasteiger charge is -2.41. The number of carboxylic acid groups (broad SMARTS) is 1. The van der Waals surface area contributed by atoms with Gasteiger partial charge in [-0.05, 0) is 24.2 Å². The van der Waals surface area contributed by atoms with Crippen LogP contribution in [-0.4, -0.2) is 53.3 Å². The number of morpholine rings is 1. The first-order chi connectivity index (χ1) is 12.2. The van der Waals surface area contributed by atoms with Gasteiger partial charge in [0.25, 0.3) is 0 Å². The van der Waals surface area contributed by atoms with E-state index in [0.29, 0.717) is 19.0 Å². The first kappa shape index (κ1) is 17.4. The Morgan fingerprint density at radius 3 is 2.80 bits per heavy atom. The topological polar surface area (TPSA) is 74.7 Å². The molecule has 0 unspecified atom stereocenters. The van der Waals surface area contributed by atoms with Crippen molar-refractivity contribution in [2.45, 2.75) is 19.1 Å². The fourth-order valence-corrected chi connectivity index (χ4v) is 3.25. The maximum Gasteiger partial charge on any atom is 0.354 e. The lowest BCUT2D eigenvalue weighted by molar-refractivity contribution is -0.0639. The molecule has 0 amide bonds. The summed E-state index contributed by atoms with van der Waals surface area (Å²) >= 11 is 0. The molecule has 1 saturated heterocycles. The number of aromatic nitrogens is 1. The smallest absolute Gasteiger partial charge is 0.354 e. The van der Waals surface area contributed by atoms with Crippen molar-refractivity contribution in [3.05, 3.63) is 59.8 Å². The van der Waals surface area contributed by atoms with Crippen LogP contribution in [-0.2, 0) is 4.74 Å². The minimum atomic E-state index is -1.03. The van der Waals surface area contributed by atoms with Gasteiger partial charge in [0.2, 0.25) is 0 Å². The van der Waals surface area contributed by atoms with Crippen LogP contribution in [0.1, 0.15) is 29.0 Å². The Kier molecular flexibility index (Phi) is 5.63. The molecule has 1 aliphatic heterocycles. The molecule has 0 aliphatic carbocycles. The Morgan fingerprint density at radius 1 is 1.28 bits per heavy atom. The van der Waals surface area contributed by atoms with E-state index in [4.69, 9.17) is 9.84 Å². The number of nitrogens with zero attached hydrogens (tertiary/aromatic N) is 2. The van der Waals surface area contributed by atoms with Gasteiger partial charge in [0.15, 0.2) is 5.69 Å². The van der Waals surface area contributed by atoms with Crippen LogP contribution in [0.3, 0.4) is 0 Å². The van der Waals surface area contributed by atoms with Crippen molar-refractivity contribution < 1.29 is 14.6 Å². The van der Waals surface area contributed by atoms with E-state index >= 15 is 0 Å². The second-order valence-corrected chi connectivity index (χ2v) is 5.99. The molecule has 1 aromatic carbocycles. The zero-order valence-corrected chi connectivity index (χ0v) is 14.3. The van der Waals surface area contributed by atoms with Crippen molar-refractivity contribution in [3.63, 3.8) is 0 Å². The second kappa shape index (κ2) is 8.09. The molecule has 2 N–H and O–H groups in total. The summed E-state index contributed by atoms with van der Waals surface area (Å²) in [6, 6.07) is 15.4. The van der Waals surface area contributed by atoms with E-state index in [2.05, 4.69) is 34.3 Å². The minimum absolute atomic E-state index is 0.0318. The summed E-state index contributed by atoms with van der Waals surface area (Å²) in [7, 11) is 0. The molecule has 0 saturated carbocycles. The van der Waals surface area contributed by atoms with Gasteiger partial charge in [0.1, 0.15) is 5.82 Å². The monoisotopic (exact) mass is 341 g/mol. The number of likely N-dealkylation sites (N-methyl/N-ethyl adjacent to an activating group) is 1. The number of pyridine rings is 1. The fourth-order valence-electron chi connectivity index (χ4n) is 3.25. The summed E-state index contributed by atoms with van der Waals surface area (Å²) < 4.78 is 6.03.